The van der Waals surface area contributed by atoms with Crippen LogP contribution in [0, 0.1) is 0 Å². The first kappa shape index (κ1) is 12.2. The molecule has 3 heteroatoms. The van der Waals surface area contributed by atoms with Gasteiger partial charge in [0, 0.05) is 17.5 Å². The third-order valence-electron chi connectivity index (χ3n) is 3.37. The van der Waals surface area contributed by atoms with Gasteiger partial charge in [-0.15, -0.1) is 0 Å². The van der Waals surface area contributed by atoms with Crippen molar-refractivity contribution in [3.8, 4) is 11.5 Å². The second kappa shape index (κ2) is 4.57. The van der Waals surface area contributed by atoms with Crippen LogP contribution in [0.25, 0.3) is 0 Å². The second-order valence-electron chi connectivity index (χ2n) is 4.99. The molecular weight excluding hydrogens is 214 g/mol. The van der Waals surface area contributed by atoms with Crippen LogP contribution in [0.5, 0.6) is 11.5 Å². The lowest BCUT2D eigenvalue weighted by Crippen LogP contribution is -2.21. The molecule has 1 saturated carbocycles. The Morgan fingerprint density at radius 1 is 1.35 bits per heavy atom. The molecule has 0 radical (unpaired) electrons. The molecule has 1 fully saturated rings. The van der Waals surface area contributed by atoms with Crippen molar-refractivity contribution in [2.75, 3.05) is 13.7 Å². The van der Waals surface area contributed by atoms with Gasteiger partial charge in [0.2, 0.25) is 0 Å². The lowest BCUT2D eigenvalue weighted by Gasteiger charge is -2.22. The van der Waals surface area contributed by atoms with Crippen LogP contribution in [0.2, 0.25) is 0 Å². The van der Waals surface area contributed by atoms with Gasteiger partial charge in [0.25, 0.3) is 0 Å². The maximum atomic E-state index is 5.91. The van der Waals surface area contributed by atoms with Gasteiger partial charge >= 0.3 is 0 Å². The maximum absolute atomic E-state index is 5.91. The van der Waals surface area contributed by atoms with Crippen LogP contribution in [0.1, 0.15) is 32.3 Å². The fourth-order valence-electron chi connectivity index (χ4n) is 2.19. The van der Waals surface area contributed by atoms with Crippen LogP contribution in [0.15, 0.2) is 18.2 Å². The highest BCUT2D eigenvalue weighted by atomic mass is 16.5. The summed E-state index contributed by atoms with van der Waals surface area (Å²) in [5, 5.41) is 0. The van der Waals surface area contributed by atoms with E-state index in [0.717, 1.165) is 24.3 Å². The highest BCUT2D eigenvalue weighted by Gasteiger charge is 2.45. The first-order valence-electron chi connectivity index (χ1n) is 6.17. The summed E-state index contributed by atoms with van der Waals surface area (Å²) in [5.74, 6) is 1.67. The van der Waals surface area contributed by atoms with Crippen molar-refractivity contribution in [1.82, 2.24) is 0 Å². The molecule has 1 aliphatic carbocycles. The molecule has 3 nitrogen and oxygen atoms in total. The molecule has 0 unspecified atom stereocenters. The van der Waals surface area contributed by atoms with Gasteiger partial charge in [-0.2, -0.15) is 0 Å². The SMILES string of the molecule is COc1cccc(C2(CN)CC2)c1OC(C)C. The molecule has 0 amide bonds. The Bertz CT molecular complexity index is 397. The van der Waals surface area contributed by atoms with Crippen molar-refractivity contribution in [3.05, 3.63) is 23.8 Å². The summed E-state index contributed by atoms with van der Waals surface area (Å²) < 4.78 is 11.3. The van der Waals surface area contributed by atoms with Gasteiger partial charge in [0.1, 0.15) is 0 Å². The van der Waals surface area contributed by atoms with Gasteiger partial charge in [0.05, 0.1) is 13.2 Å². The Labute approximate surface area is 103 Å². The predicted molar refractivity (Wildman–Crippen MR) is 68.7 cm³/mol. The quantitative estimate of drug-likeness (QED) is 0.852. The van der Waals surface area contributed by atoms with Gasteiger partial charge < -0.3 is 15.2 Å². The van der Waals surface area contributed by atoms with Crippen LogP contribution in [-0.2, 0) is 5.41 Å². The first-order valence-corrected chi connectivity index (χ1v) is 6.17. The zero-order valence-electron chi connectivity index (χ0n) is 10.8. The molecule has 0 spiro atoms. The normalized spacial score (nSPS) is 17.0. The standard InChI is InChI=1S/C14H21NO2/c1-10(2)17-13-11(14(9-15)7-8-14)5-4-6-12(13)16-3/h4-6,10H,7-9,15H2,1-3H3. The molecular formula is C14H21NO2. The van der Waals surface area contributed by atoms with Crippen LogP contribution in [0.4, 0.5) is 0 Å². The fourth-order valence-corrected chi connectivity index (χ4v) is 2.19. The smallest absolute Gasteiger partial charge is 0.165 e. The summed E-state index contributed by atoms with van der Waals surface area (Å²) in [5.41, 5.74) is 7.22. The molecule has 2 rings (SSSR count). The predicted octanol–water partition coefficient (Wildman–Crippen LogP) is 2.47. The molecule has 0 aromatic heterocycles. The number of para-hydroxylation sites is 1. The summed E-state index contributed by atoms with van der Waals surface area (Å²) in [4.78, 5) is 0. The molecule has 1 aromatic rings. The van der Waals surface area contributed by atoms with E-state index in [1.54, 1.807) is 7.11 Å². The average Bonchev–Trinajstić information content (AvgIpc) is 3.09. The molecule has 2 N–H and O–H groups in total. The highest BCUT2D eigenvalue weighted by Crippen LogP contribution is 2.52. The monoisotopic (exact) mass is 235 g/mol. The van der Waals surface area contributed by atoms with Gasteiger partial charge in [0.15, 0.2) is 11.5 Å². The van der Waals surface area contributed by atoms with E-state index in [2.05, 4.69) is 6.07 Å². The van der Waals surface area contributed by atoms with E-state index >= 15 is 0 Å². The van der Waals surface area contributed by atoms with E-state index in [0.29, 0.717) is 6.54 Å². The van der Waals surface area contributed by atoms with E-state index in [-0.39, 0.29) is 11.5 Å². The Kier molecular flexibility index (Phi) is 3.29. The number of methoxy groups -OCH3 is 1. The summed E-state index contributed by atoms with van der Waals surface area (Å²) in [6.45, 7) is 4.73. The number of ether oxygens (including phenoxy) is 2. The lowest BCUT2D eigenvalue weighted by atomic mass is 9.94. The summed E-state index contributed by atoms with van der Waals surface area (Å²) in [6, 6.07) is 6.06. The Hall–Kier alpha value is -1.22. The van der Waals surface area contributed by atoms with Crippen LogP contribution >= 0.6 is 0 Å². The van der Waals surface area contributed by atoms with Gasteiger partial charge in [-0.3, -0.25) is 0 Å². The third-order valence-corrected chi connectivity index (χ3v) is 3.37. The van der Waals surface area contributed by atoms with E-state index in [9.17, 15) is 0 Å². The molecule has 1 aromatic carbocycles. The number of rotatable bonds is 5. The van der Waals surface area contributed by atoms with Gasteiger partial charge in [-0.1, -0.05) is 12.1 Å². The van der Waals surface area contributed by atoms with Crippen LogP contribution in [-0.4, -0.2) is 19.8 Å². The Morgan fingerprint density at radius 2 is 2.06 bits per heavy atom. The first-order chi connectivity index (χ1) is 8.13. The van der Waals surface area contributed by atoms with Crippen molar-refractivity contribution < 1.29 is 9.47 Å². The Balaban J connectivity index is 2.43. The highest BCUT2D eigenvalue weighted by molar-refractivity contribution is 5.52. The largest absolute Gasteiger partial charge is 0.493 e. The fraction of sp³-hybridized carbons (Fsp3) is 0.571. The van der Waals surface area contributed by atoms with E-state index in [1.807, 2.05) is 26.0 Å². The van der Waals surface area contributed by atoms with E-state index in [4.69, 9.17) is 15.2 Å². The van der Waals surface area contributed by atoms with Crippen molar-refractivity contribution in [2.45, 2.75) is 38.2 Å². The molecule has 1 aliphatic rings. The minimum atomic E-state index is 0.124. The number of benzene rings is 1. The third kappa shape index (κ3) is 2.25. The van der Waals surface area contributed by atoms with E-state index in [1.165, 1.54) is 5.56 Å². The number of nitrogens with two attached hydrogens (primary N) is 1. The van der Waals surface area contributed by atoms with Gasteiger partial charge in [-0.25, -0.2) is 0 Å². The molecule has 0 heterocycles. The molecule has 17 heavy (non-hydrogen) atoms. The molecule has 0 atom stereocenters. The second-order valence-corrected chi connectivity index (χ2v) is 4.99. The van der Waals surface area contributed by atoms with E-state index < -0.39 is 0 Å². The van der Waals surface area contributed by atoms with Crippen molar-refractivity contribution in [3.63, 3.8) is 0 Å². The van der Waals surface area contributed by atoms with Crippen LogP contribution < -0.4 is 15.2 Å². The van der Waals surface area contributed by atoms with Crippen LogP contribution in [0.3, 0.4) is 0 Å². The number of hydrogen-bond donors (Lipinski definition) is 1. The van der Waals surface area contributed by atoms with Crippen molar-refractivity contribution >= 4 is 0 Å². The molecule has 0 saturated heterocycles. The zero-order valence-corrected chi connectivity index (χ0v) is 10.8. The maximum Gasteiger partial charge on any atom is 0.165 e. The van der Waals surface area contributed by atoms with Crippen molar-refractivity contribution in [1.29, 1.82) is 0 Å². The average molecular weight is 235 g/mol. The topological polar surface area (TPSA) is 44.5 Å². The minimum absolute atomic E-state index is 0.124. The molecule has 94 valence electrons. The van der Waals surface area contributed by atoms with Gasteiger partial charge in [-0.05, 0) is 32.8 Å². The van der Waals surface area contributed by atoms with Crippen molar-refractivity contribution in [2.24, 2.45) is 5.73 Å². The summed E-state index contributed by atoms with van der Waals surface area (Å²) in [7, 11) is 1.67. The Morgan fingerprint density at radius 3 is 2.53 bits per heavy atom. The lowest BCUT2D eigenvalue weighted by molar-refractivity contribution is 0.226. The number of hydrogen-bond acceptors (Lipinski definition) is 3. The summed E-state index contributed by atoms with van der Waals surface area (Å²) in [6.07, 6.45) is 2.43. The summed E-state index contributed by atoms with van der Waals surface area (Å²) >= 11 is 0. The molecule has 0 bridgehead atoms. The zero-order chi connectivity index (χ0) is 12.5. The molecule has 0 aliphatic heterocycles. The minimum Gasteiger partial charge on any atom is -0.493 e.